The summed E-state index contributed by atoms with van der Waals surface area (Å²) in [5.41, 5.74) is 0. The van der Waals surface area contributed by atoms with E-state index in [2.05, 4.69) is 123 Å². The van der Waals surface area contributed by atoms with Crippen molar-refractivity contribution in [3.05, 3.63) is 109 Å². The maximum Gasteiger partial charge on any atom is 0.306 e. The van der Waals surface area contributed by atoms with Gasteiger partial charge in [-0.25, -0.2) is 0 Å². The lowest BCUT2D eigenvalue weighted by atomic mass is 10.0. The van der Waals surface area contributed by atoms with Gasteiger partial charge in [0.05, 0.1) is 6.61 Å². The molecule has 1 N–H and O–H groups in total. The zero-order chi connectivity index (χ0) is 52.0. The minimum atomic E-state index is -0.809. The van der Waals surface area contributed by atoms with Gasteiger partial charge < -0.3 is 14.6 Å². The first kappa shape index (κ1) is 68.6. The molecule has 1 atom stereocenters. The fourth-order valence-electron chi connectivity index (χ4n) is 8.52. The van der Waals surface area contributed by atoms with Crippen LogP contribution in [0.3, 0.4) is 0 Å². The van der Waals surface area contributed by atoms with Gasteiger partial charge in [0.15, 0.2) is 6.10 Å². The number of allylic oxidation sites excluding steroid dienone is 18. The van der Waals surface area contributed by atoms with Gasteiger partial charge in [-0.1, -0.05) is 284 Å². The van der Waals surface area contributed by atoms with Crippen LogP contribution >= 0.6 is 0 Å². The highest BCUT2D eigenvalue weighted by molar-refractivity contribution is 5.70. The molecule has 5 heteroatoms. The lowest BCUT2D eigenvalue weighted by Crippen LogP contribution is -2.28. The van der Waals surface area contributed by atoms with Crippen LogP contribution in [0.5, 0.6) is 0 Å². The van der Waals surface area contributed by atoms with Crippen molar-refractivity contribution in [2.75, 3.05) is 13.2 Å². The first-order chi connectivity index (χ1) is 35.6. The van der Waals surface area contributed by atoms with Crippen molar-refractivity contribution in [2.24, 2.45) is 0 Å². The second-order valence-electron chi connectivity index (χ2n) is 20.0. The number of aliphatic hydroxyl groups excluding tert-OH is 1. The van der Waals surface area contributed by atoms with Crippen molar-refractivity contribution < 1.29 is 24.2 Å². The van der Waals surface area contributed by atoms with E-state index in [0.29, 0.717) is 12.8 Å². The van der Waals surface area contributed by atoms with Crippen LogP contribution in [-0.4, -0.2) is 36.4 Å². The third-order valence-corrected chi connectivity index (χ3v) is 13.1. The van der Waals surface area contributed by atoms with Crippen molar-refractivity contribution >= 4 is 11.9 Å². The summed E-state index contributed by atoms with van der Waals surface area (Å²) in [4.78, 5) is 24.5. The fraction of sp³-hybridized carbons (Fsp3) is 0.701. The third-order valence-electron chi connectivity index (χ3n) is 13.1. The summed E-state index contributed by atoms with van der Waals surface area (Å²) >= 11 is 0. The second kappa shape index (κ2) is 61.9. The van der Waals surface area contributed by atoms with Gasteiger partial charge in [0, 0.05) is 12.8 Å². The highest BCUT2D eigenvalue weighted by atomic mass is 16.6. The largest absolute Gasteiger partial charge is 0.462 e. The van der Waals surface area contributed by atoms with Crippen molar-refractivity contribution in [3.8, 4) is 0 Å². The van der Waals surface area contributed by atoms with E-state index < -0.39 is 6.10 Å². The van der Waals surface area contributed by atoms with E-state index in [-0.39, 0.29) is 31.6 Å². The van der Waals surface area contributed by atoms with Gasteiger partial charge in [0.25, 0.3) is 0 Å². The van der Waals surface area contributed by atoms with E-state index in [1.807, 2.05) is 0 Å². The summed E-state index contributed by atoms with van der Waals surface area (Å²) in [6.45, 7) is 3.99. The van der Waals surface area contributed by atoms with E-state index in [1.54, 1.807) is 0 Å². The Bertz CT molecular complexity index is 1410. The number of rotatable bonds is 55. The Morgan fingerprint density at radius 1 is 0.333 bits per heavy atom. The summed E-state index contributed by atoms with van der Waals surface area (Å²) in [6.07, 6.45) is 89.5. The van der Waals surface area contributed by atoms with E-state index >= 15 is 0 Å². The molecule has 0 rings (SSSR count). The lowest BCUT2D eigenvalue weighted by molar-refractivity contribution is -0.161. The number of hydrogen-bond acceptors (Lipinski definition) is 5. The quantitative estimate of drug-likeness (QED) is 0.0373. The summed E-state index contributed by atoms with van der Waals surface area (Å²) < 4.78 is 10.7. The molecule has 412 valence electrons. The fourth-order valence-corrected chi connectivity index (χ4v) is 8.52. The molecule has 0 heterocycles. The van der Waals surface area contributed by atoms with Crippen LogP contribution in [0, 0.1) is 0 Å². The maximum absolute atomic E-state index is 12.3. The van der Waals surface area contributed by atoms with Gasteiger partial charge in [0.1, 0.15) is 6.61 Å². The highest BCUT2D eigenvalue weighted by Crippen LogP contribution is 2.17. The smallest absolute Gasteiger partial charge is 0.306 e. The number of unbranched alkanes of at least 4 members (excludes halogenated alkanes) is 29. The van der Waals surface area contributed by atoms with Crippen molar-refractivity contribution in [1.29, 1.82) is 0 Å². The molecular formula is C67H114O5. The summed E-state index contributed by atoms with van der Waals surface area (Å²) in [7, 11) is 0. The Hall–Kier alpha value is -3.44. The molecule has 0 spiro atoms. The molecule has 0 saturated carbocycles. The Balaban J connectivity index is 3.51. The van der Waals surface area contributed by atoms with Gasteiger partial charge in [0.2, 0.25) is 0 Å². The number of carbonyl (C=O) groups is 2. The molecule has 0 radical (unpaired) electrons. The molecule has 0 aromatic carbocycles. The van der Waals surface area contributed by atoms with E-state index in [9.17, 15) is 14.7 Å². The van der Waals surface area contributed by atoms with Crippen molar-refractivity contribution in [3.63, 3.8) is 0 Å². The molecule has 1 unspecified atom stereocenters. The minimum Gasteiger partial charge on any atom is -0.462 e. The molecule has 0 bridgehead atoms. The SMILES string of the molecule is CC/C=C\C/C=C\C/C=C\C/C=C\C/C=C\C/C=C\C/C=C\CCCC(=O)OC(CO)COC(=O)CCCCCCCCCCCCCCCCCCCCCCCCC/C=C\C/C=C\CCCCCCC. The number of hydrogen-bond donors (Lipinski definition) is 1. The average molecular weight is 1000 g/mol. The normalized spacial score (nSPS) is 13.0. The molecule has 0 aromatic rings. The zero-order valence-electron chi connectivity index (χ0n) is 47.2. The van der Waals surface area contributed by atoms with Crippen molar-refractivity contribution in [1.82, 2.24) is 0 Å². The van der Waals surface area contributed by atoms with Crippen LogP contribution in [0.1, 0.15) is 284 Å². The topological polar surface area (TPSA) is 72.8 Å². The molecular weight excluding hydrogens is 885 g/mol. The van der Waals surface area contributed by atoms with Gasteiger partial charge in [-0.05, 0) is 96.3 Å². The average Bonchev–Trinajstić information content (AvgIpc) is 3.38. The summed E-state index contributed by atoms with van der Waals surface area (Å²) in [5.74, 6) is -0.657. The lowest BCUT2D eigenvalue weighted by Gasteiger charge is -2.15. The molecule has 0 saturated heterocycles. The Morgan fingerprint density at radius 3 is 0.944 bits per heavy atom. The zero-order valence-corrected chi connectivity index (χ0v) is 47.2. The van der Waals surface area contributed by atoms with E-state index in [0.717, 1.165) is 77.0 Å². The molecule has 0 aliphatic rings. The molecule has 0 amide bonds. The van der Waals surface area contributed by atoms with Crippen LogP contribution in [0.4, 0.5) is 0 Å². The van der Waals surface area contributed by atoms with E-state index in [1.165, 1.54) is 173 Å². The van der Waals surface area contributed by atoms with Crippen LogP contribution in [0.25, 0.3) is 0 Å². The Kier molecular flexibility index (Phi) is 58.9. The molecule has 0 aliphatic heterocycles. The number of carbonyl (C=O) groups excluding carboxylic acids is 2. The number of aliphatic hydroxyl groups is 1. The van der Waals surface area contributed by atoms with Gasteiger partial charge in [-0.2, -0.15) is 0 Å². The van der Waals surface area contributed by atoms with Gasteiger partial charge >= 0.3 is 11.9 Å². The monoisotopic (exact) mass is 999 g/mol. The predicted octanol–water partition coefficient (Wildman–Crippen LogP) is 20.9. The minimum absolute atomic E-state index is 0.0928. The highest BCUT2D eigenvalue weighted by Gasteiger charge is 2.16. The first-order valence-electron chi connectivity index (χ1n) is 30.4. The number of ether oxygens (including phenoxy) is 2. The van der Waals surface area contributed by atoms with Crippen LogP contribution in [0.15, 0.2) is 109 Å². The summed E-state index contributed by atoms with van der Waals surface area (Å²) in [6, 6.07) is 0. The molecule has 0 fully saturated rings. The molecule has 5 nitrogen and oxygen atoms in total. The maximum atomic E-state index is 12.3. The third kappa shape index (κ3) is 59.1. The Morgan fingerprint density at radius 2 is 0.611 bits per heavy atom. The molecule has 0 aliphatic carbocycles. The standard InChI is InChI=1S/C67H114O5/c1-3-5-7-9-11-13-15-17-19-21-23-25-27-28-29-30-31-32-33-34-35-36-37-38-40-41-43-45-47-49-51-53-55-57-59-61-66(69)71-64-65(63-68)72-67(70)62-60-58-56-54-52-50-48-46-44-42-39-26-24-22-20-18-16-14-12-10-8-6-4-2/h6,8,12,14-15,17-18,20-21,23-24,26,42,44,48,50,54,56,65,68H,3-5,7,9-11,13,16,19,22,25,27-41,43,45-47,49,51-53,55,57-64H2,1-2H3/b8-6-,14-12-,17-15-,20-18-,23-21-,26-24-,44-42-,50-48-,56-54-. The summed E-state index contributed by atoms with van der Waals surface area (Å²) in [5, 5.41) is 9.65. The molecule has 72 heavy (non-hydrogen) atoms. The van der Waals surface area contributed by atoms with Crippen molar-refractivity contribution in [2.45, 2.75) is 290 Å². The van der Waals surface area contributed by atoms with Crippen LogP contribution in [-0.2, 0) is 19.1 Å². The van der Waals surface area contributed by atoms with Gasteiger partial charge in [-0.15, -0.1) is 0 Å². The first-order valence-corrected chi connectivity index (χ1v) is 30.4. The predicted molar refractivity (Wildman–Crippen MR) is 315 cm³/mol. The van der Waals surface area contributed by atoms with Gasteiger partial charge in [-0.3, -0.25) is 9.59 Å². The van der Waals surface area contributed by atoms with Crippen LogP contribution in [0.2, 0.25) is 0 Å². The second-order valence-corrected chi connectivity index (χ2v) is 20.0. The Labute approximate surface area is 446 Å². The van der Waals surface area contributed by atoms with Crippen LogP contribution < -0.4 is 0 Å². The van der Waals surface area contributed by atoms with E-state index in [4.69, 9.17) is 9.47 Å². The molecule has 0 aromatic heterocycles. The number of esters is 2.